The Morgan fingerprint density at radius 3 is 2.92 bits per heavy atom. The smallest absolute Gasteiger partial charge is 0.269 e. The van der Waals surface area contributed by atoms with Crippen LogP contribution in [0.1, 0.15) is 21.6 Å². The number of aromatic nitrogens is 3. The highest BCUT2D eigenvalue weighted by molar-refractivity contribution is 5.97. The molecule has 1 amide bonds. The first-order valence-electron chi connectivity index (χ1n) is 8.51. The van der Waals surface area contributed by atoms with E-state index in [0.717, 1.165) is 74.0 Å². The summed E-state index contributed by atoms with van der Waals surface area (Å²) >= 11 is 0. The van der Waals surface area contributed by atoms with E-state index in [2.05, 4.69) is 21.3 Å². The van der Waals surface area contributed by atoms with Crippen LogP contribution in [0.15, 0.2) is 12.3 Å². The number of amides is 1. The van der Waals surface area contributed by atoms with Crippen LogP contribution in [0, 0.1) is 0 Å². The summed E-state index contributed by atoms with van der Waals surface area (Å²) in [5.41, 5.74) is 5.13. The van der Waals surface area contributed by atoms with E-state index in [4.69, 9.17) is 9.84 Å². The molecule has 1 fully saturated rings. The molecule has 0 unspecified atom stereocenters. The third-order valence-corrected chi connectivity index (χ3v) is 5.08. The highest BCUT2D eigenvalue weighted by Crippen LogP contribution is 2.36. The van der Waals surface area contributed by atoms with Gasteiger partial charge in [0.2, 0.25) is 0 Å². The minimum atomic E-state index is 0.000842. The predicted molar refractivity (Wildman–Crippen MR) is 88.2 cm³/mol. The molecule has 124 valence electrons. The molecule has 2 aromatic rings. The Labute approximate surface area is 139 Å². The molecule has 0 spiro atoms. The average molecular weight is 325 g/mol. The summed E-state index contributed by atoms with van der Waals surface area (Å²) in [5, 5.41) is 7.68. The SMILES string of the molecule is O=C1NCCn2nc3c(c21)CCc1cnc(N2CCOCC2)cc1-3. The van der Waals surface area contributed by atoms with E-state index in [1.807, 2.05) is 10.9 Å². The number of hydrogen-bond donors (Lipinski definition) is 1. The highest BCUT2D eigenvalue weighted by atomic mass is 16.5. The third kappa shape index (κ3) is 2.04. The van der Waals surface area contributed by atoms with Gasteiger partial charge in [-0.2, -0.15) is 5.10 Å². The van der Waals surface area contributed by atoms with Crippen molar-refractivity contribution < 1.29 is 9.53 Å². The number of aryl methyl sites for hydroxylation is 1. The monoisotopic (exact) mass is 325 g/mol. The number of anilines is 1. The van der Waals surface area contributed by atoms with Crippen molar-refractivity contribution >= 4 is 11.7 Å². The second-order valence-corrected chi connectivity index (χ2v) is 6.45. The lowest BCUT2D eigenvalue weighted by Gasteiger charge is -2.28. The van der Waals surface area contributed by atoms with Crippen LogP contribution in [0.25, 0.3) is 11.3 Å². The molecule has 1 aliphatic carbocycles. The molecule has 24 heavy (non-hydrogen) atoms. The van der Waals surface area contributed by atoms with Gasteiger partial charge in [0, 0.05) is 37.0 Å². The predicted octanol–water partition coefficient (Wildman–Crippen LogP) is 0.624. The van der Waals surface area contributed by atoms with E-state index < -0.39 is 0 Å². The van der Waals surface area contributed by atoms with E-state index in [0.29, 0.717) is 6.54 Å². The fourth-order valence-electron chi connectivity index (χ4n) is 3.84. The van der Waals surface area contributed by atoms with Crippen LogP contribution >= 0.6 is 0 Å². The van der Waals surface area contributed by atoms with Crippen LogP contribution < -0.4 is 10.2 Å². The second-order valence-electron chi connectivity index (χ2n) is 6.45. The number of fused-ring (bicyclic) bond motifs is 5. The van der Waals surface area contributed by atoms with Crippen molar-refractivity contribution in [1.29, 1.82) is 0 Å². The molecule has 2 aliphatic heterocycles. The lowest BCUT2D eigenvalue weighted by Crippen LogP contribution is -2.36. The molecule has 0 aromatic carbocycles. The summed E-state index contributed by atoms with van der Waals surface area (Å²) < 4.78 is 7.30. The maximum absolute atomic E-state index is 12.2. The normalized spacial score (nSPS) is 19.3. The van der Waals surface area contributed by atoms with E-state index >= 15 is 0 Å². The van der Waals surface area contributed by atoms with E-state index in [-0.39, 0.29) is 5.91 Å². The van der Waals surface area contributed by atoms with Crippen molar-refractivity contribution in [3.63, 3.8) is 0 Å². The summed E-state index contributed by atoms with van der Waals surface area (Å²) in [6.45, 7) is 4.59. The summed E-state index contributed by atoms with van der Waals surface area (Å²) in [5.74, 6) is 0.973. The lowest BCUT2D eigenvalue weighted by atomic mass is 9.90. The van der Waals surface area contributed by atoms with Crippen molar-refractivity contribution in [2.75, 3.05) is 37.7 Å². The van der Waals surface area contributed by atoms with Crippen LogP contribution in [0.2, 0.25) is 0 Å². The average Bonchev–Trinajstić information content (AvgIpc) is 3.02. The second kappa shape index (κ2) is 5.31. The number of nitrogens with zero attached hydrogens (tertiary/aromatic N) is 4. The molecular weight excluding hydrogens is 306 g/mol. The summed E-state index contributed by atoms with van der Waals surface area (Å²) in [6.07, 6.45) is 3.73. The van der Waals surface area contributed by atoms with E-state index in [1.54, 1.807) is 0 Å². The Bertz CT molecular complexity index is 823. The standard InChI is InChI=1S/C17H19N5O2/c23-17-16-12-2-1-11-10-19-14(21-5-7-24-8-6-21)9-13(11)15(12)20-22(16)4-3-18-17/h9-10H,1-8H2,(H,18,23). The molecule has 7 heteroatoms. The van der Waals surface area contributed by atoms with Gasteiger partial charge in [0.05, 0.1) is 25.5 Å². The zero-order valence-electron chi connectivity index (χ0n) is 13.4. The number of hydrogen-bond acceptors (Lipinski definition) is 5. The minimum absolute atomic E-state index is 0.000842. The van der Waals surface area contributed by atoms with Gasteiger partial charge in [-0.1, -0.05) is 0 Å². The molecular formula is C17H19N5O2. The molecule has 0 bridgehead atoms. The van der Waals surface area contributed by atoms with Crippen molar-refractivity contribution in [3.8, 4) is 11.3 Å². The molecule has 2 aromatic heterocycles. The molecule has 0 saturated carbocycles. The molecule has 0 radical (unpaired) electrons. The van der Waals surface area contributed by atoms with Gasteiger partial charge in [-0.25, -0.2) is 4.98 Å². The van der Waals surface area contributed by atoms with Crippen LogP contribution in [-0.2, 0) is 24.1 Å². The van der Waals surface area contributed by atoms with E-state index in [1.165, 1.54) is 5.56 Å². The van der Waals surface area contributed by atoms with Gasteiger partial charge in [-0.05, 0) is 24.5 Å². The van der Waals surface area contributed by atoms with Crippen LogP contribution in [0.3, 0.4) is 0 Å². The molecule has 1 N–H and O–H groups in total. The van der Waals surface area contributed by atoms with Gasteiger partial charge >= 0.3 is 0 Å². The van der Waals surface area contributed by atoms with Crippen LogP contribution in [-0.4, -0.2) is 53.5 Å². The number of pyridine rings is 1. The largest absolute Gasteiger partial charge is 0.378 e. The van der Waals surface area contributed by atoms with Gasteiger partial charge in [-0.3, -0.25) is 9.48 Å². The number of morpholine rings is 1. The van der Waals surface area contributed by atoms with Crippen molar-refractivity contribution in [1.82, 2.24) is 20.1 Å². The van der Waals surface area contributed by atoms with Gasteiger partial charge in [-0.15, -0.1) is 0 Å². The quantitative estimate of drug-likeness (QED) is 0.832. The summed E-state index contributed by atoms with van der Waals surface area (Å²) in [4.78, 5) is 19.1. The van der Waals surface area contributed by atoms with Crippen LogP contribution in [0.5, 0.6) is 0 Å². The first-order chi connectivity index (χ1) is 11.8. The lowest BCUT2D eigenvalue weighted by molar-refractivity contribution is 0.0923. The Kier molecular flexibility index (Phi) is 3.09. The Balaban J connectivity index is 1.61. The van der Waals surface area contributed by atoms with E-state index in [9.17, 15) is 4.79 Å². The number of rotatable bonds is 1. The Hall–Kier alpha value is -2.41. The van der Waals surface area contributed by atoms with Crippen molar-refractivity contribution in [2.24, 2.45) is 0 Å². The summed E-state index contributed by atoms with van der Waals surface area (Å²) in [6, 6.07) is 2.13. The molecule has 0 atom stereocenters. The first kappa shape index (κ1) is 14.0. The zero-order chi connectivity index (χ0) is 16.1. The Morgan fingerprint density at radius 1 is 1.17 bits per heavy atom. The molecule has 3 aliphatic rings. The minimum Gasteiger partial charge on any atom is -0.378 e. The zero-order valence-corrected chi connectivity index (χ0v) is 13.4. The van der Waals surface area contributed by atoms with Gasteiger partial charge in [0.1, 0.15) is 11.5 Å². The highest BCUT2D eigenvalue weighted by Gasteiger charge is 2.30. The fourth-order valence-corrected chi connectivity index (χ4v) is 3.84. The van der Waals surface area contributed by atoms with Gasteiger partial charge in [0.25, 0.3) is 5.91 Å². The molecule has 5 rings (SSSR count). The van der Waals surface area contributed by atoms with Crippen molar-refractivity contribution in [2.45, 2.75) is 19.4 Å². The Morgan fingerprint density at radius 2 is 2.04 bits per heavy atom. The number of carbonyl (C=O) groups is 1. The van der Waals surface area contributed by atoms with Crippen molar-refractivity contribution in [3.05, 3.63) is 29.1 Å². The number of carbonyl (C=O) groups excluding carboxylic acids is 1. The fraction of sp³-hybridized carbons (Fsp3) is 0.471. The maximum atomic E-state index is 12.2. The first-order valence-corrected chi connectivity index (χ1v) is 8.51. The van der Waals surface area contributed by atoms with Gasteiger partial charge < -0.3 is 15.0 Å². The summed E-state index contributed by atoms with van der Waals surface area (Å²) in [7, 11) is 0. The number of ether oxygens (including phenoxy) is 1. The third-order valence-electron chi connectivity index (χ3n) is 5.08. The topological polar surface area (TPSA) is 72.3 Å². The van der Waals surface area contributed by atoms with Crippen LogP contribution in [0.4, 0.5) is 5.82 Å². The van der Waals surface area contributed by atoms with Gasteiger partial charge in [0.15, 0.2) is 0 Å². The molecule has 1 saturated heterocycles. The molecule has 7 nitrogen and oxygen atoms in total. The number of nitrogens with one attached hydrogen (secondary N) is 1. The maximum Gasteiger partial charge on any atom is 0.269 e. The molecule has 4 heterocycles.